The molecule has 0 saturated heterocycles. The van der Waals surface area contributed by atoms with Crippen LogP contribution in [0.5, 0.6) is 0 Å². The maximum atomic E-state index is 2.25. The molecule has 0 saturated carbocycles. The summed E-state index contributed by atoms with van der Waals surface area (Å²) in [5.41, 5.74) is 2.70. The van der Waals surface area contributed by atoms with Crippen molar-refractivity contribution in [1.82, 2.24) is 0 Å². The summed E-state index contributed by atoms with van der Waals surface area (Å²) in [6.07, 6.45) is 4.22. The summed E-state index contributed by atoms with van der Waals surface area (Å²) >= 11 is 1.73. The predicted octanol–water partition coefficient (Wildman–Crippen LogP) is 4.14. The summed E-state index contributed by atoms with van der Waals surface area (Å²) in [4.78, 5) is 0. The highest BCUT2D eigenvalue weighted by molar-refractivity contribution is 8.01. The van der Waals surface area contributed by atoms with Crippen molar-refractivity contribution in [2.45, 2.75) is 19.8 Å². The van der Waals surface area contributed by atoms with E-state index in [1.807, 2.05) is 0 Å². The normalized spacial score (nSPS) is 11.4. The van der Waals surface area contributed by atoms with E-state index in [1.165, 1.54) is 11.1 Å². The van der Waals surface area contributed by atoms with Crippen molar-refractivity contribution in [1.29, 1.82) is 0 Å². The van der Waals surface area contributed by atoms with Crippen molar-refractivity contribution in [2.75, 3.05) is 6.26 Å². The average Bonchev–Trinajstić information content (AvgIpc) is 2.15. The lowest BCUT2D eigenvalue weighted by atomic mass is 10.0. The van der Waals surface area contributed by atoms with Crippen molar-refractivity contribution in [2.24, 2.45) is 0 Å². The molecular formula is C12H16S. The molecule has 0 aromatic heterocycles. The van der Waals surface area contributed by atoms with E-state index in [1.54, 1.807) is 11.8 Å². The van der Waals surface area contributed by atoms with Crippen molar-refractivity contribution >= 4 is 17.8 Å². The standard InChI is InChI=1S/C12H16S/c1-10(2)12-6-4-5-11(9-12)7-8-13-3/h4-10H,1-3H3/b8-7+. The van der Waals surface area contributed by atoms with E-state index in [-0.39, 0.29) is 0 Å². The molecule has 13 heavy (non-hydrogen) atoms. The van der Waals surface area contributed by atoms with E-state index in [0.29, 0.717) is 5.92 Å². The van der Waals surface area contributed by atoms with Crippen molar-refractivity contribution in [3.63, 3.8) is 0 Å². The second-order valence-electron chi connectivity index (χ2n) is 3.36. The van der Waals surface area contributed by atoms with Crippen LogP contribution in [0.3, 0.4) is 0 Å². The van der Waals surface area contributed by atoms with Gasteiger partial charge in [0.25, 0.3) is 0 Å². The van der Waals surface area contributed by atoms with Gasteiger partial charge in [-0.3, -0.25) is 0 Å². The Morgan fingerprint density at radius 1 is 1.31 bits per heavy atom. The maximum absolute atomic E-state index is 2.25. The summed E-state index contributed by atoms with van der Waals surface area (Å²) in [7, 11) is 0. The summed E-state index contributed by atoms with van der Waals surface area (Å²) in [5.74, 6) is 0.614. The quantitative estimate of drug-likeness (QED) is 0.693. The summed E-state index contributed by atoms with van der Waals surface area (Å²) < 4.78 is 0. The van der Waals surface area contributed by atoms with Gasteiger partial charge in [-0.1, -0.05) is 38.1 Å². The van der Waals surface area contributed by atoms with Gasteiger partial charge in [-0.05, 0) is 34.8 Å². The Morgan fingerprint density at radius 2 is 2.08 bits per heavy atom. The molecule has 1 aromatic rings. The van der Waals surface area contributed by atoms with Crippen LogP contribution in [0.1, 0.15) is 30.9 Å². The first kappa shape index (κ1) is 10.4. The number of hydrogen-bond acceptors (Lipinski definition) is 1. The second-order valence-corrected chi connectivity index (χ2v) is 4.11. The van der Waals surface area contributed by atoms with Gasteiger partial charge in [-0.15, -0.1) is 11.8 Å². The minimum atomic E-state index is 0.614. The lowest BCUT2D eigenvalue weighted by molar-refractivity contribution is 0.866. The first-order chi connectivity index (χ1) is 6.24. The zero-order valence-electron chi connectivity index (χ0n) is 8.45. The van der Waals surface area contributed by atoms with Crippen LogP contribution in [0.4, 0.5) is 0 Å². The van der Waals surface area contributed by atoms with E-state index < -0.39 is 0 Å². The number of thioether (sulfide) groups is 1. The topological polar surface area (TPSA) is 0 Å². The van der Waals surface area contributed by atoms with E-state index in [4.69, 9.17) is 0 Å². The molecule has 1 aromatic carbocycles. The zero-order valence-corrected chi connectivity index (χ0v) is 9.27. The Bertz CT molecular complexity index is 287. The van der Waals surface area contributed by atoms with E-state index in [9.17, 15) is 0 Å². The van der Waals surface area contributed by atoms with Crippen molar-refractivity contribution in [3.8, 4) is 0 Å². The smallest absolute Gasteiger partial charge is 0.0142 e. The van der Waals surface area contributed by atoms with E-state index in [0.717, 1.165) is 0 Å². The molecular weight excluding hydrogens is 176 g/mol. The fourth-order valence-electron chi connectivity index (χ4n) is 1.17. The van der Waals surface area contributed by atoms with Gasteiger partial charge >= 0.3 is 0 Å². The van der Waals surface area contributed by atoms with E-state index in [2.05, 4.69) is 55.9 Å². The molecule has 0 atom stereocenters. The van der Waals surface area contributed by atoms with Crippen LogP contribution in [-0.4, -0.2) is 6.26 Å². The summed E-state index contributed by atoms with van der Waals surface area (Å²) in [6.45, 7) is 4.44. The molecule has 0 radical (unpaired) electrons. The molecule has 0 aliphatic carbocycles. The van der Waals surface area contributed by atoms with Crippen LogP contribution < -0.4 is 0 Å². The van der Waals surface area contributed by atoms with E-state index >= 15 is 0 Å². The van der Waals surface area contributed by atoms with Crippen molar-refractivity contribution in [3.05, 3.63) is 40.8 Å². The molecule has 0 aliphatic heterocycles. The maximum Gasteiger partial charge on any atom is -0.0142 e. The Hall–Kier alpha value is -0.690. The highest BCUT2D eigenvalue weighted by Gasteiger charge is 1.97. The molecule has 0 aliphatic rings. The SMILES string of the molecule is CS/C=C/c1cccc(C(C)C)c1. The van der Waals surface area contributed by atoms with Gasteiger partial charge < -0.3 is 0 Å². The fourth-order valence-corrected chi connectivity index (χ4v) is 1.46. The average molecular weight is 192 g/mol. The highest BCUT2D eigenvalue weighted by Crippen LogP contribution is 2.16. The second kappa shape index (κ2) is 5.13. The lowest BCUT2D eigenvalue weighted by Gasteiger charge is -2.05. The molecule has 0 heterocycles. The number of rotatable bonds is 3. The zero-order chi connectivity index (χ0) is 9.68. The molecule has 0 unspecified atom stereocenters. The molecule has 1 rings (SSSR count). The summed E-state index contributed by atoms with van der Waals surface area (Å²) in [5, 5.41) is 2.11. The van der Waals surface area contributed by atoms with Gasteiger partial charge in [0, 0.05) is 0 Å². The minimum absolute atomic E-state index is 0.614. The Morgan fingerprint density at radius 3 is 2.69 bits per heavy atom. The van der Waals surface area contributed by atoms with Crippen LogP contribution >= 0.6 is 11.8 Å². The van der Waals surface area contributed by atoms with Gasteiger partial charge in [0.15, 0.2) is 0 Å². The third-order valence-corrected chi connectivity index (χ3v) is 2.38. The third kappa shape index (κ3) is 3.27. The van der Waals surface area contributed by atoms with Gasteiger partial charge in [0.1, 0.15) is 0 Å². The predicted molar refractivity (Wildman–Crippen MR) is 63.1 cm³/mol. The molecule has 70 valence electrons. The molecule has 0 spiro atoms. The fraction of sp³-hybridized carbons (Fsp3) is 0.333. The third-order valence-electron chi connectivity index (χ3n) is 1.97. The highest BCUT2D eigenvalue weighted by atomic mass is 32.2. The van der Waals surface area contributed by atoms with Gasteiger partial charge in [-0.2, -0.15) is 0 Å². The largest absolute Gasteiger partial charge is 0.138 e. The molecule has 0 nitrogen and oxygen atoms in total. The van der Waals surface area contributed by atoms with Crippen LogP contribution in [0, 0.1) is 0 Å². The van der Waals surface area contributed by atoms with Gasteiger partial charge in [-0.25, -0.2) is 0 Å². The van der Waals surface area contributed by atoms with Gasteiger partial charge in [0.05, 0.1) is 0 Å². The molecule has 0 N–H and O–H groups in total. The Labute approximate surface area is 85.1 Å². The first-order valence-electron chi connectivity index (χ1n) is 4.53. The number of benzene rings is 1. The minimum Gasteiger partial charge on any atom is -0.138 e. The lowest BCUT2D eigenvalue weighted by Crippen LogP contribution is -1.86. The monoisotopic (exact) mass is 192 g/mol. The molecule has 0 fully saturated rings. The van der Waals surface area contributed by atoms with Crippen LogP contribution in [0.25, 0.3) is 6.08 Å². The molecule has 1 heteroatoms. The van der Waals surface area contributed by atoms with Crippen LogP contribution in [0.2, 0.25) is 0 Å². The summed E-state index contributed by atoms with van der Waals surface area (Å²) in [6, 6.07) is 8.69. The molecule has 0 bridgehead atoms. The first-order valence-corrected chi connectivity index (χ1v) is 5.82. The van der Waals surface area contributed by atoms with Crippen LogP contribution in [-0.2, 0) is 0 Å². The number of hydrogen-bond donors (Lipinski definition) is 0. The molecule has 0 amide bonds. The Kier molecular flexibility index (Phi) is 4.10. The Balaban J connectivity index is 2.85. The van der Waals surface area contributed by atoms with Crippen molar-refractivity contribution < 1.29 is 0 Å². The van der Waals surface area contributed by atoms with Gasteiger partial charge in [0.2, 0.25) is 0 Å². The van der Waals surface area contributed by atoms with Crippen LogP contribution in [0.15, 0.2) is 29.7 Å².